The van der Waals surface area contributed by atoms with Crippen LogP contribution in [0.1, 0.15) is 10.4 Å². The Morgan fingerprint density at radius 3 is 3.00 bits per heavy atom. The van der Waals surface area contributed by atoms with E-state index in [0.717, 1.165) is 16.7 Å². The monoisotopic (exact) mass is 290 g/mol. The number of carbonyl (C=O) groups is 2. The SMILES string of the molecule is O=C(O)C1CSCCN1C(=O)c1cccc2cc[nH]c12. The quantitative estimate of drug-likeness (QED) is 0.884. The second kappa shape index (κ2) is 5.20. The third kappa shape index (κ3) is 2.16. The molecule has 0 saturated carbocycles. The van der Waals surface area contributed by atoms with Gasteiger partial charge in [0.1, 0.15) is 6.04 Å². The van der Waals surface area contributed by atoms with E-state index < -0.39 is 12.0 Å². The molecule has 1 unspecified atom stereocenters. The lowest BCUT2D eigenvalue weighted by atomic mass is 10.1. The topological polar surface area (TPSA) is 73.4 Å². The van der Waals surface area contributed by atoms with Gasteiger partial charge >= 0.3 is 5.97 Å². The number of nitrogens with one attached hydrogen (secondary N) is 1. The van der Waals surface area contributed by atoms with Crippen molar-refractivity contribution in [1.29, 1.82) is 0 Å². The summed E-state index contributed by atoms with van der Waals surface area (Å²) in [4.78, 5) is 28.5. The van der Waals surface area contributed by atoms with E-state index in [1.165, 1.54) is 4.90 Å². The minimum atomic E-state index is -0.941. The number of hydrogen-bond acceptors (Lipinski definition) is 3. The second-order valence-corrected chi connectivity index (χ2v) is 5.82. The van der Waals surface area contributed by atoms with Crippen LogP contribution in [0.3, 0.4) is 0 Å². The number of carbonyl (C=O) groups excluding carboxylic acids is 1. The number of amides is 1. The minimum Gasteiger partial charge on any atom is -0.480 e. The van der Waals surface area contributed by atoms with E-state index in [4.69, 9.17) is 0 Å². The van der Waals surface area contributed by atoms with Crippen molar-refractivity contribution in [2.75, 3.05) is 18.1 Å². The molecule has 1 fully saturated rings. The van der Waals surface area contributed by atoms with E-state index in [1.807, 2.05) is 18.2 Å². The molecule has 2 aromatic rings. The number of thioether (sulfide) groups is 1. The first-order valence-electron chi connectivity index (χ1n) is 6.36. The van der Waals surface area contributed by atoms with E-state index in [0.29, 0.717) is 17.9 Å². The van der Waals surface area contributed by atoms with Crippen molar-refractivity contribution in [1.82, 2.24) is 9.88 Å². The number of H-pyrrole nitrogens is 1. The summed E-state index contributed by atoms with van der Waals surface area (Å²) in [7, 11) is 0. The molecule has 1 aliphatic heterocycles. The van der Waals surface area contributed by atoms with Gasteiger partial charge in [-0.15, -0.1) is 0 Å². The van der Waals surface area contributed by atoms with Gasteiger partial charge in [0.05, 0.1) is 11.1 Å². The molecular weight excluding hydrogens is 276 g/mol. The molecule has 0 radical (unpaired) electrons. The van der Waals surface area contributed by atoms with Crippen molar-refractivity contribution >= 4 is 34.5 Å². The molecule has 0 spiro atoms. The molecule has 1 atom stereocenters. The van der Waals surface area contributed by atoms with Crippen LogP contribution in [0.4, 0.5) is 0 Å². The Labute approximate surface area is 120 Å². The summed E-state index contributed by atoms with van der Waals surface area (Å²) >= 11 is 1.57. The van der Waals surface area contributed by atoms with Crippen LogP contribution in [0.5, 0.6) is 0 Å². The number of fused-ring (bicyclic) bond motifs is 1. The normalized spacial score (nSPS) is 19.2. The highest BCUT2D eigenvalue weighted by molar-refractivity contribution is 7.99. The van der Waals surface area contributed by atoms with Gasteiger partial charge in [0, 0.05) is 29.6 Å². The lowest BCUT2D eigenvalue weighted by molar-refractivity contribution is -0.141. The number of nitrogens with zero attached hydrogens (tertiary/aromatic N) is 1. The molecule has 0 aliphatic carbocycles. The van der Waals surface area contributed by atoms with Crippen LogP contribution >= 0.6 is 11.8 Å². The van der Waals surface area contributed by atoms with Crippen LogP contribution in [0, 0.1) is 0 Å². The van der Waals surface area contributed by atoms with E-state index in [9.17, 15) is 14.7 Å². The number of para-hydroxylation sites is 1. The average molecular weight is 290 g/mol. The highest BCUT2D eigenvalue weighted by Gasteiger charge is 2.33. The fourth-order valence-corrected chi connectivity index (χ4v) is 3.51. The van der Waals surface area contributed by atoms with Gasteiger partial charge in [-0.25, -0.2) is 4.79 Å². The van der Waals surface area contributed by atoms with Gasteiger partial charge in [-0.3, -0.25) is 4.79 Å². The van der Waals surface area contributed by atoms with E-state index >= 15 is 0 Å². The fraction of sp³-hybridized carbons (Fsp3) is 0.286. The molecule has 104 valence electrons. The Morgan fingerprint density at radius 2 is 2.20 bits per heavy atom. The zero-order valence-electron chi connectivity index (χ0n) is 10.7. The highest BCUT2D eigenvalue weighted by Crippen LogP contribution is 2.23. The molecule has 2 heterocycles. The van der Waals surface area contributed by atoms with E-state index in [1.54, 1.807) is 24.0 Å². The molecule has 1 amide bonds. The number of benzene rings is 1. The van der Waals surface area contributed by atoms with Crippen molar-refractivity contribution < 1.29 is 14.7 Å². The zero-order valence-corrected chi connectivity index (χ0v) is 11.5. The van der Waals surface area contributed by atoms with Crippen molar-refractivity contribution in [3.63, 3.8) is 0 Å². The highest BCUT2D eigenvalue weighted by atomic mass is 32.2. The Hall–Kier alpha value is -1.95. The maximum Gasteiger partial charge on any atom is 0.327 e. The van der Waals surface area contributed by atoms with Gasteiger partial charge in [-0.1, -0.05) is 12.1 Å². The Morgan fingerprint density at radius 1 is 1.35 bits per heavy atom. The molecule has 0 bridgehead atoms. The Balaban J connectivity index is 1.98. The van der Waals surface area contributed by atoms with E-state index in [2.05, 4.69) is 4.98 Å². The number of aliphatic carboxylic acids is 1. The number of carboxylic acids is 1. The minimum absolute atomic E-state index is 0.217. The number of aromatic nitrogens is 1. The largest absolute Gasteiger partial charge is 0.480 e. The Bertz CT molecular complexity index is 667. The summed E-state index contributed by atoms with van der Waals surface area (Å²) in [6, 6.07) is 6.63. The van der Waals surface area contributed by atoms with Crippen LogP contribution in [0.2, 0.25) is 0 Å². The van der Waals surface area contributed by atoms with Gasteiger partial charge in [0.25, 0.3) is 5.91 Å². The maximum absolute atomic E-state index is 12.7. The zero-order chi connectivity index (χ0) is 14.1. The first-order chi connectivity index (χ1) is 9.68. The molecule has 6 heteroatoms. The van der Waals surface area contributed by atoms with Gasteiger partial charge in [-0.05, 0) is 12.1 Å². The molecule has 3 rings (SSSR count). The van der Waals surface area contributed by atoms with Gasteiger partial charge in [0.15, 0.2) is 0 Å². The van der Waals surface area contributed by atoms with Gasteiger partial charge < -0.3 is 15.0 Å². The van der Waals surface area contributed by atoms with Crippen molar-refractivity contribution in [3.05, 3.63) is 36.0 Å². The van der Waals surface area contributed by atoms with Crippen molar-refractivity contribution in [2.24, 2.45) is 0 Å². The molecule has 1 aliphatic rings. The average Bonchev–Trinajstić information content (AvgIpc) is 2.94. The Kier molecular flexibility index (Phi) is 3.40. The summed E-state index contributed by atoms with van der Waals surface area (Å²) in [5.41, 5.74) is 1.30. The summed E-state index contributed by atoms with van der Waals surface area (Å²) in [5.74, 6) is 0.0628. The predicted molar refractivity (Wildman–Crippen MR) is 78.1 cm³/mol. The van der Waals surface area contributed by atoms with Gasteiger partial charge in [0.2, 0.25) is 0 Å². The first kappa shape index (κ1) is 13.1. The summed E-state index contributed by atoms with van der Waals surface area (Å²) in [5, 5.41) is 10.2. The lowest BCUT2D eigenvalue weighted by Gasteiger charge is -2.32. The number of carboxylic acid groups (broad SMARTS) is 1. The van der Waals surface area contributed by atoms with Crippen LogP contribution in [-0.4, -0.2) is 51.0 Å². The third-order valence-electron chi connectivity index (χ3n) is 3.49. The van der Waals surface area contributed by atoms with Crippen molar-refractivity contribution in [2.45, 2.75) is 6.04 Å². The smallest absolute Gasteiger partial charge is 0.327 e. The van der Waals surface area contributed by atoms with E-state index in [-0.39, 0.29) is 5.91 Å². The summed E-state index contributed by atoms with van der Waals surface area (Å²) in [6.45, 7) is 0.470. The molecular formula is C14H14N2O3S. The molecule has 5 nitrogen and oxygen atoms in total. The second-order valence-electron chi connectivity index (χ2n) is 4.67. The number of aromatic amines is 1. The number of hydrogen-bond donors (Lipinski definition) is 2. The van der Waals surface area contributed by atoms with Crippen LogP contribution < -0.4 is 0 Å². The maximum atomic E-state index is 12.7. The van der Waals surface area contributed by atoms with Crippen molar-refractivity contribution in [3.8, 4) is 0 Å². The molecule has 1 aromatic carbocycles. The van der Waals surface area contributed by atoms with Crippen LogP contribution in [-0.2, 0) is 4.79 Å². The summed E-state index contributed by atoms with van der Waals surface area (Å²) in [6.07, 6.45) is 1.78. The third-order valence-corrected chi connectivity index (χ3v) is 4.51. The molecule has 20 heavy (non-hydrogen) atoms. The van der Waals surface area contributed by atoms with Crippen LogP contribution in [0.25, 0.3) is 10.9 Å². The number of rotatable bonds is 2. The first-order valence-corrected chi connectivity index (χ1v) is 7.51. The molecule has 2 N–H and O–H groups in total. The standard InChI is InChI=1S/C14H14N2O3S/c17-13(16-6-7-20-8-11(16)14(18)19)10-3-1-2-9-4-5-15-12(9)10/h1-5,11,15H,6-8H2,(H,18,19). The molecule has 1 saturated heterocycles. The van der Waals surface area contributed by atoms with Gasteiger partial charge in [-0.2, -0.15) is 11.8 Å². The summed E-state index contributed by atoms with van der Waals surface area (Å²) < 4.78 is 0. The molecule has 1 aromatic heterocycles. The lowest BCUT2D eigenvalue weighted by Crippen LogP contribution is -2.50. The fourth-order valence-electron chi connectivity index (χ4n) is 2.47. The predicted octanol–water partition coefficient (Wildman–Crippen LogP) is 1.81. The van der Waals surface area contributed by atoms with Crippen LogP contribution in [0.15, 0.2) is 30.5 Å².